The molecule has 2 unspecified atom stereocenters. The summed E-state index contributed by atoms with van der Waals surface area (Å²) >= 11 is 0. The lowest BCUT2D eigenvalue weighted by atomic mass is 9.79. The van der Waals surface area contributed by atoms with Crippen molar-refractivity contribution >= 4 is 11.8 Å². The van der Waals surface area contributed by atoms with Gasteiger partial charge in [-0.2, -0.15) is 0 Å². The summed E-state index contributed by atoms with van der Waals surface area (Å²) in [7, 11) is 3.54. The Morgan fingerprint density at radius 1 is 0.937 bits per heavy atom. The number of ketones is 1. The number of hydrogen-bond acceptors (Lipinski definition) is 13. The molecule has 0 aliphatic carbocycles. The molecule has 14 nitrogen and oxygen atoms in total. The lowest BCUT2D eigenvalue weighted by Crippen LogP contribution is -2.63. The zero-order valence-corrected chi connectivity index (χ0v) is 37.4. The van der Waals surface area contributed by atoms with Crippen LogP contribution >= 0.6 is 0 Å². The first-order valence-corrected chi connectivity index (χ1v) is 22.1. The zero-order valence-electron chi connectivity index (χ0n) is 37.4. The summed E-state index contributed by atoms with van der Waals surface area (Å²) in [5.74, 6) is -2.79. The second-order valence-electron chi connectivity index (χ2n) is 17.5. The molecule has 348 valence electrons. The number of carbonyl (C=O) groups is 2. The summed E-state index contributed by atoms with van der Waals surface area (Å²) in [4.78, 5) is 31.5. The third-order valence-corrected chi connectivity index (χ3v) is 12.5. The van der Waals surface area contributed by atoms with Crippen LogP contribution in [0.3, 0.4) is 0 Å². The molecule has 3 heterocycles. The molecule has 63 heavy (non-hydrogen) atoms. The van der Waals surface area contributed by atoms with Gasteiger partial charge in [0.05, 0.1) is 56.2 Å². The predicted molar refractivity (Wildman–Crippen MR) is 243 cm³/mol. The van der Waals surface area contributed by atoms with Gasteiger partial charge in [-0.1, -0.05) is 112 Å². The molecular weight excluding hydrogens is 803 g/mol. The molecule has 3 aromatic rings. The van der Waals surface area contributed by atoms with Crippen molar-refractivity contribution in [3.63, 3.8) is 0 Å². The fourth-order valence-corrected chi connectivity index (χ4v) is 8.71. The number of aromatic nitrogens is 3. The molecule has 2 aliphatic rings. The third-order valence-electron chi connectivity index (χ3n) is 12.5. The Morgan fingerprint density at radius 3 is 2.27 bits per heavy atom. The average molecular weight is 876 g/mol. The number of hydrogen-bond donors (Lipinski definition) is 4. The Hall–Kier alpha value is -4.12. The highest BCUT2D eigenvalue weighted by molar-refractivity contribution is 5.91. The van der Waals surface area contributed by atoms with E-state index in [-0.39, 0.29) is 32.2 Å². The van der Waals surface area contributed by atoms with Gasteiger partial charge in [-0.25, -0.2) is 0 Å². The van der Waals surface area contributed by atoms with E-state index in [1.54, 1.807) is 45.0 Å². The molecule has 0 saturated carbocycles. The normalized spacial score (nSPS) is 31.5. The Balaban J connectivity index is 0.00000871. The van der Waals surface area contributed by atoms with Gasteiger partial charge in [-0.05, 0) is 71.3 Å². The van der Waals surface area contributed by atoms with Crippen LogP contribution in [0.2, 0.25) is 0 Å². The number of carbonyl (C=O) groups excluding carboxylic acids is 2. The van der Waals surface area contributed by atoms with Crippen LogP contribution in [0.15, 0.2) is 90.7 Å². The van der Waals surface area contributed by atoms with E-state index >= 15 is 0 Å². The highest BCUT2D eigenvalue weighted by atomic mass is 16.7. The maximum Gasteiger partial charge on any atom is 0.308 e. The number of rotatable bonds is 14. The average Bonchev–Trinajstić information content (AvgIpc) is 3.74. The molecule has 5 rings (SSSR count). The van der Waals surface area contributed by atoms with Crippen LogP contribution < -0.4 is 0 Å². The molecule has 2 aliphatic heterocycles. The molecule has 1 saturated heterocycles. The summed E-state index contributed by atoms with van der Waals surface area (Å²) < 4.78 is 20.7. The Labute approximate surface area is 374 Å². The number of allylic oxidation sites excluding steroid dienone is 3. The van der Waals surface area contributed by atoms with E-state index in [1.165, 1.54) is 0 Å². The smallest absolute Gasteiger partial charge is 0.308 e. The molecule has 2 aromatic carbocycles. The van der Waals surface area contributed by atoms with Crippen molar-refractivity contribution in [2.24, 2.45) is 23.7 Å². The van der Waals surface area contributed by atoms with E-state index in [2.05, 4.69) is 27.3 Å². The minimum atomic E-state index is -1.26. The van der Waals surface area contributed by atoms with Crippen LogP contribution in [0.25, 0.3) is 11.3 Å². The zero-order chi connectivity index (χ0) is 44.9. The van der Waals surface area contributed by atoms with Gasteiger partial charge in [0.25, 0.3) is 0 Å². The highest BCUT2D eigenvalue weighted by Crippen LogP contribution is 2.35. The largest absolute Gasteiger partial charge is 0.462 e. The van der Waals surface area contributed by atoms with E-state index in [1.807, 2.05) is 86.3 Å². The lowest BCUT2D eigenvalue weighted by molar-refractivity contribution is -0.304. The van der Waals surface area contributed by atoms with Crippen molar-refractivity contribution < 1.29 is 44.2 Å². The van der Waals surface area contributed by atoms with Gasteiger partial charge in [0, 0.05) is 36.4 Å². The third kappa shape index (κ3) is 14.4. The Kier molecular flexibility index (Phi) is 20.3. The van der Waals surface area contributed by atoms with Crippen molar-refractivity contribution in [2.75, 3.05) is 33.8 Å². The first-order valence-electron chi connectivity index (χ1n) is 22.1. The van der Waals surface area contributed by atoms with Crippen molar-refractivity contribution in [2.45, 2.75) is 130 Å². The van der Waals surface area contributed by atoms with Gasteiger partial charge >= 0.3 is 5.97 Å². The second kappa shape index (κ2) is 24.8. The quantitative estimate of drug-likeness (QED) is 0.154. The van der Waals surface area contributed by atoms with E-state index in [0.717, 1.165) is 22.4 Å². The van der Waals surface area contributed by atoms with Gasteiger partial charge in [-0.3, -0.25) is 19.2 Å². The van der Waals surface area contributed by atoms with Crippen LogP contribution in [0.4, 0.5) is 0 Å². The number of ether oxygens (including phenoxy) is 3. The Morgan fingerprint density at radius 2 is 1.62 bits per heavy atom. The standard InChI is InChI=1S/C48H69N5O9.CH4/c1-8-42-38(30-54)25-31(2)19-20-40(55)32(3)26-37(47(33(4)41(56)27-43(57)61-42)62-48-46(59)44(51(6)7)45(58)34(5)60-48)21-22-52(28-35-15-11-9-12-16-35)23-24-53-29-39(49-50-53)36-17-13-10-14-18-36;/h9-20,25,29,32-34,37-38,41-42,44-48,54,56,58-59H,8,21-24,26-28,30H2,1-7H3;1H4/b20-19+,31-25+;/t32-,33+,34-,37+,38-,41-,42-,44?,45-,46?,47-,48+;/m1./s1. The summed E-state index contributed by atoms with van der Waals surface area (Å²) in [6.45, 7) is 11.2. The first kappa shape index (κ1) is 51.5. The van der Waals surface area contributed by atoms with Crippen molar-refractivity contribution in [1.29, 1.82) is 0 Å². The maximum absolute atomic E-state index is 13.9. The van der Waals surface area contributed by atoms with E-state index < -0.39 is 72.7 Å². The maximum atomic E-state index is 13.9. The fraction of sp³-hybridized carbons (Fsp3) is 0.592. The van der Waals surface area contributed by atoms with Gasteiger partial charge < -0.3 is 39.5 Å². The summed E-state index contributed by atoms with van der Waals surface area (Å²) in [5, 5.41) is 53.7. The molecule has 0 radical (unpaired) electrons. The van der Waals surface area contributed by atoms with Gasteiger partial charge in [0.1, 0.15) is 17.9 Å². The summed E-state index contributed by atoms with van der Waals surface area (Å²) in [6.07, 6.45) is 1.12. The van der Waals surface area contributed by atoms with Crippen LogP contribution in [-0.4, -0.2) is 140 Å². The molecule has 14 heteroatoms. The number of esters is 1. The van der Waals surface area contributed by atoms with E-state index in [4.69, 9.17) is 14.2 Å². The van der Waals surface area contributed by atoms with E-state index in [9.17, 15) is 30.0 Å². The van der Waals surface area contributed by atoms with Crippen LogP contribution in [0.5, 0.6) is 0 Å². The number of likely N-dealkylation sites (N-methyl/N-ethyl adjacent to an activating group) is 1. The van der Waals surface area contributed by atoms with Crippen molar-refractivity contribution in [1.82, 2.24) is 24.8 Å². The van der Waals surface area contributed by atoms with Crippen LogP contribution in [0.1, 0.15) is 73.3 Å². The molecule has 0 spiro atoms. The van der Waals surface area contributed by atoms with Crippen molar-refractivity contribution in [3.8, 4) is 11.3 Å². The molecule has 12 atom stereocenters. The van der Waals surface area contributed by atoms with Crippen LogP contribution in [-0.2, 0) is 36.9 Å². The highest BCUT2D eigenvalue weighted by Gasteiger charge is 2.47. The van der Waals surface area contributed by atoms with Gasteiger partial charge in [0.2, 0.25) is 0 Å². The molecular formula is C49H73N5O9. The molecule has 1 aromatic heterocycles. The molecule has 1 fully saturated rings. The minimum absolute atomic E-state index is 0. The predicted octanol–water partition coefficient (Wildman–Crippen LogP) is 5.30. The monoisotopic (exact) mass is 876 g/mol. The second-order valence-corrected chi connectivity index (χ2v) is 17.5. The number of benzene rings is 2. The summed E-state index contributed by atoms with van der Waals surface area (Å²) in [6, 6.07) is 19.4. The van der Waals surface area contributed by atoms with Gasteiger partial charge in [0.15, 0.2) is 12.1 Å². The number of aliphatic hydroxyl groups is 4. The fourth-order valence-electron chi connectivity index (χ4n) is 8.71. The minimum Gasteiger partial charge on any atom is -0.462 e. The van der Waals surface area contributed by atoms with Crippen LogP contribution in [0, 0.1) is 23.7 Å². The first-order chi connectivity index (χ1) is 29.7. The molecule has 0 amide bonds. The number of aliphatic hydroxyl groups excluding tert-OH is 4. The van der Waals surface area contributed by atoms with Crippen molar-refractivity contribution in [3.05, 3.63) is 96.2 Å². The topological polar surface area (TPSA) is 180 Å². The summed E-state index contributed by atoms with van der Waals surface area (Å²) in [5.41, 5.74) is 3.63. The number of nitrogens with zero attached hydrogens (tertiary/aromatic N) is 5. The number of cyclic esters (lactones) is 1. The molecule has 4 N–H and O–H groups in total. The van der Waals surface area contributed by atoms with E-state index in [0.29, 0.717) is 45.4 Å². The van der Waals surface area contributed by atoms with Gasteiger partial charge in [-0.15, -0.1) is 5.10 Å². The lowest BCUT2D eigenvalue weighted by Gasteiger charge is -2.46. The molecule has 0 bridgehead atoms. The Bertz CT molecular complexity index is 1890. The SMILES string of the molecule is C.CC[C@H]1OC(=O)C[C@@H](O)[C@H](C)[C@@H](O[C@@H]2O[C@H](C)[C@@H](O)C(N(C)C)C2O)[C@@H](CCN(CCn2cc(-c3ccccc3)nn2)Cc2ccccc2)C[C@@H](C)C(=O)/C=C/C(C)=C/[C@@H]1CO.